The second-order valence-corrected chi connectivity index (χ2v) is 5.89. The number of rotatable bonds is 7. The van der Waals surface area contributed by atoms with Gasteiger partial charge >= 0.3 is 0 Å². The third-order valence-electron chi connectivity index (χ3n) is 3.87. The van der Waals surface area contributed by atoms with E-state index >= 15 is 0 Å². The number of carbonyl (C=O) groups excluding carboxylic acids is 1. The van der Waals surface area contributed by atoms with Crippen molar-refractivity contribution in [3.63, 3.8) is 0 Å². The largest absolute Gasteiger partial charge is 0.370 e. The summed E-state index contributed by atoms with van der Waals surface area (Å²) < 4.78 is 26.2. The smallest absolute Gasteiger partial charge is 0.274 e. The van der Waals surface area contributed by atoms with Gasteiger partial charge in [-0.2, -0.15) is 0 Å². The maximum atomic E-state index is 13.2. The summed E-state index contributed by atoms with van der Waals surface area (Å²) in [5, 5.41) is 5.63. The van der Waals surface area contributed by atoms with Gasteiger partial charge in [0.25, 0.3) is 5.91 Å². The fraction of sp³-hybridized carbons (Fsp3) is 0.150. The molecule has 1 aromatic heterocycles. The fourth-order valence-corrected chi connectivity index (χ4v) is 2.50. The van der Waals surface area contributed by atoms with Gasteiger partial charge in [0.1, 0.15) is 17.8 Å². The van der Waals surface area contributed by atoms with Crippen LogP contribution in [0.4, 0.5) is 20.3 Å². The van der Waals surface area contributed by atoms with Crippen LogP contribution in [0.3, 0.4) is 0 Å². The van der Waals surface area contributed by atoms with Gasteiger partial charge in [0.2, 0.25) is 0 Å². The standard InChI is InChI=1S/C20H18F2N4O/c21-16-9-8-15(11-17(16)22)26-20(27)18-12-19(25-13-24-18)23-10-4-7-14-5-2-1-3-6-14/h1-3,5-6,8-9,11-13H,4,7,10H2,(H,26,27)(H,23,24,25). The molecule has 0 fully saturated rings. The van der Waals surface area contributed by atoms with Gasteiger partial charge in [-0.05, 0) is 30.5 Å². The molecule has 138 valence electrons. The molecule has 2 aromatic carbocycles. The highest BCUT2D eigenvalue weighted by atomic mass is 19.2. The van der Waals surface area contributed by atoms with Crippen LogP contribution in [-0.4, -0.2) is 22.4 Å². The van der Waals surface area contributed by atoms with Gasteiger partial charge in [0.05, 0.1) is 0 Å². The lowest BCUT2D eigenvalue weighted by Gasteiger charge is -2.08. The maximum Gasteiger partial charge on any atom is 0.274 e. The number of amides is 1. The van der Waals surface area contributed by atoms with Gasteiger partial charge in [0, 0.05) is 24.4 Å². The highest BCUT2D eigenvalue weighted by Crippen LogP contribution is 2.14. The molecule has 0 spiro atoms. The second-order valence-electron chi connectivity index (χ2n) is 5.89. The average molecular weight is 368 g/mol. The monoisotopic (exact) mass is 368 g/mol. The third kappa shape index (κ3) is 5.31. The first-order valence-corrected chi connectivity index (χ1v) is 8.48. The lowest BCUT2D eigenvalue weighted by molar-refractivity contribution is 0.102. The van der Waals surface area contributed by atoms with E-state index in [9.17, 15) is 13.6 Å². The van der Waals surface area contributed by atoms with Crippen molar-refractivity contribution in [3.8, 4) is 0 Å². The van der Waals surface area contributed by atoms with Gasteiger partial charge in [-0.3, -0.25) is 4.79 Å². The Morgan fingerprint density at radius 3 is 2.56 bits per heavy atom. The SMILES string of the molecule is O=C(Nc1ccc(F)c(F)c1)c1cc(NCCCc2ccccc2)ncn1. The number of hydrogen-bond acceptors (Lipinski definition) is 4. The van der Waals surface area contributed by atoms with E-state index in [1.807, 2.05) is 18.2 Å². The molecule has 1 amide bonds. The number of nitrogens with one attached hydrogen (secondary N) is 2. The molecule has 0 aliphatic heterocycles. The number of halogens is 2. The second kappa shape index (κ2) is 8.84. The summed E-state index contributed by atoms with van der Waals surface area (Å²) in [7, 11) is 0. The molecule has 0 aliphatic carbocycles. The Morgan fingerprint density at radius 2 is 1.78 bits per heavy atom. The number of benzene rings is 2. The summed E-state index contributed by atoms with van der Waals surface area (Å²) in [5.41, 5.74) is 1.53. The van der Waals surface area contributed by atoms with Gasteiger partial charge in [-0.25, -0.2) is 18.7 Å². The topological polar surface area (TPSA) is 66.9 Å². The lowest BCUT2D eigenvalue weighted by atomic mass is 10.1. The predicted octanol–water partition coefficient (Wildman–Crippen LogP) is 4.05. The molecule has 0 saturated heterocycles. The van der Waals surface area contributed by atoms with Crippen molar-refractivity contribution >= 4 is 17.4 Å². The van der Waals surface area contributed by atoms with Crippen LogP contribution < -0.4 is 10.6 Å². The minimum atomic E-state index is -1.03. The first kappa shape index (κ1) is 18.4. The van der Waals surface area contributed by atoms with Crippen molar-refractivity contribution in [1.82, 2.24) is 9.97 Å². The van der Waals surface area contributed by atoms with E-state index in [0.717, 1.165) is 25.0 Å². The van der Waals surface area contributed by atoms with Crippen molar-refractivity contribution in [3.05, 3.63) is 83.8 Å². The number of carbonyl (C=O) groups is 1. The molecule has 0 radical (unpaired) electrons. The van der Waals surface area contributed by atoms with Crippen molar-refractivity contribution in [2.75, 3.05) is 17.2 Å². The van der Waals surface area contributed by atoms with E-state index in [2.05, 4.69) is 32.7 Å². The summed E-state index contributed by atoms with van der Waals surface area (Å²) in [6.45, 7) is 0.691. The zero-order chi connectivity index (χ0) is 19.1. The number of nitrogens with zero attached hydrogens (tertiary/aromatic N) is 2. The molecular formula is C20H18F2N4O. The molecule has 3 rings (SSSR count). The van der Waals surface area contributed by atoms with Gasteiger partial charge in [-0.1, -0.05) is 30.3 Å². The number of aryl methyl sites for hydroxylation is 1. The lowest BCUT2D eigenvalue weighted by Crippen LogP contribution is -2.15. The van der Waals surface area contributed by atoms with Crippen molar-refractivity contribution in [2.24, 2.45) is 0 Å². The number of hydrogen-bond donors (Lipinski definition) is 2. The fourth-order valence-electron chi connectivity index (χ4n) is 2.50. The summed E-state index contributed by atoms with van der Waals surface area (Å²) in [4.78, 5) is 20.2. The molecule has 3 aromatic rings. The minimum absolute atomic E-state index is 0.125. The number of aromatic nitrogens is 2. The van der Waals surface area contributed by atoms with Crippen molar-refractivity contribution in [1.29, 1.82) is 0 Å². The molecule has 2 N–H and O–H groups in total. The summed E-state index contributed by atoms with van der Waals surface area (Å²) in [6.07, 6.45) is 3.12. The quantitative estimate of drug-likeness (QED) is 0.618. The van der Waals surface area contributed by atoms with E-state index in [0.29, 0.717) is 12.4 Å². The average Bonchev–Trinajstić information content (AvgIpc) is 2.69. The van der Waals surface area contributed by atoms with Gasteiger partial charge in [-0.15, -0.1) is 0 Å². The van der Waals surface area contributed by atoms with Crippen molar-refractivity contribution < 1.29 is 13.6 Å². The highest BCUT2D eigenvalue weighted by molar-refractivity contribution is 6.03. The summed E-state index contributed by atoms with van der Waals surface area (Å²) in [5.74, 6) is -2.02. The minimum Gasteiger partial charge on any atom is -0.370 e. The zero-order valence-corrected chi connectivity index (χ0v) is 14.5. The van der Waals surface area contributed by atoms with E-state index in [1.165, 1.54) is 24.0 Å². The first-order valence-electron chi connectivity index (χ1n) is 8.48. The molecule has 0 aliphatic rings. The van der Waals surface area contributed by atoms with Crippen LogP contribution in [0.25, 0.3) is 0 Å². The summed E-state index contributed by atoms with van der Waals surface area (Å²) >= 11 is 0. The Balaban J connectivity index is 1.54. The van der Waals surface area contributed by atoms with Crippen LogP contribution in [0, 0.1) is 11.6 Å². The van der Waals surface area contributed by atoms with Crippen LogP contribution in [0.5, 0.6) is 0 Å². The van der Waals surface area contributed by atoms with E-state index in [-0.39, 0.29) is 11.4 Å². The Morgan fingerprint density at radius 1 is 0.963 bits per heavy atom. The van der Waals surface area contributed by atoms with Crippen LogP contribution in [0.15, 0.2) is 60.9 Å². The molecular weight excluding hydrogens is 350 g/mol. The molecule has 0 atom stereocenters. The Labute approximate surface area is 155 Å². The molecule has 1 heterocycles. The van der Waals surface area contributed by atoms with Crippen LogP contribution in [0.1, 0.15) is 22.5 Å². The highest BCUT2D eigenvalue weighted by Gasteiger charge is 2.11. The molecule has 5 nitrogen and oxygen atoms in total. The molecule has 0 bridgehead atoms. The normalized spacial score (nSPS) is 10.4. The Kier molecular flexibility index (Phi) is 6.04. The first-order chi connectivity index (χ1) is 13.1. The predicted molar refractivity (Wildman–Crippen MR) is 99.6 cm³/mol. The van der Waals surface area contributed by atoms with Crippen molar-refractivity contribution in [2.45, 2.75) is 12.8 Å². The van der Waals surface area contributed by atoms with Gasteiger partial charge in [0.15, 0.2) is 11.6 Å². The Bertz CT molecular complexity index is 919. The molecule has 7 heteroatoms. The maximum absolute atomic E-state index is 13.2. The summed E-state index contributed by atoms with van der Waals surface area (Å²) in [6, 6.07) is 14.8. The van der Waals surface area contributed by atoms with Gasteiger partial charge < -0.3 is 10.6 Å². The molecule has 0 saturated carbocycles. The van der Waals surface area contributed by atoms with Crippen LogP contribution in [-0.2, 0) is 6.42 Å². The van der Waals surface area contributed by atoms with E-state index in [1.54, 1.807) is 0 Å². The van der Waals surface area contributed by atoms with Crippen LogP contribution in [0.2, 0.25) is 0 Å². The third-order valence-corrected chi connectivity index (χ3v) is 3.87. The van der Waals surface area contributed by atoms with E-state index < -0.39 is 17.5 Å². The zero-order valence-electron chi connectivity index (χ0n) is 14.5. The molecule has 0 unspecified atom stereocenters. The molecule has 27 heavy (non-hydrogen) atoms. The van der Waals surface area contributed by atoms with Crippen LogP contribution >= 0.6 is 0 Å². The number of anilines is 2. The Hall–Kier alpha value is -3.35. The van der Waals surface area contributed by atoms with E-state index in [4.69, 9.17) is 0 Å².